The van der Waals surface area contributed by atoms with E-state index in [1.807, 2.05) is 0 Å². The maximum absolute atomic E-state index is 5.99. The molecule has 0 fully saturated rings. The topological polar surface area (TPSA) is 29.3 Å². The molecule has 2 nitrogen and oxygen atoms in total. The molecule has 0 heterocycles. The van der Waals surface area contributed by atoms with Crippen molar-refractivity contribution in [1.82, 2.24) is 0 Å². The van der Waals surface area contributed by atoms with Gasteiger partial charge in [-0.2, -0.15) is 0 Å². The Morgan fingerprint density at radius 3 is 2.31 bits per heavy atom. The first-order valence-corrected chi connectivity index (χ1v) is 6.25. The molecule has 0 saturated heterocycles. The molecule has 1 aromatic carbocycles. The second kappa shape index (κ2) is 6.54. The van der Waals surface area contributed by atoms with E-state index in [9.17, 15) is 0 Å². The molecule has 0 aliphatic rings. The van der Waals surface area contributed by atoms with Gasteiger partial charge in [0.05, 0.1) is 0 Å². The van der Waals surface area contributed by atoms with Crippen LogP contribution in [0.1, 0.15) is 44.7 Å². The van der Waals surface area contributed by atoms with Crippen LogP contribution in [0.4, 0.5) is 5.69 Å². The predicted octanol–water partition coefficient (Wildman–Crippen LogP) is 3.33. The van der Waals surface area contributed by atoms with Crippen LogP contribution in [0.25, 0.3) is 0 Å². The number of anilines is 1. The highest BCUT2D eigenvalue weighted by Crippen LogP contribution is 2.19. The molecule has 0 aliphatic heterocycles. The second-order valence-corrected chi connectivity index (χ2v) is 4.38. The molecule has 2 heteroatoms. The summed E-state index contributed by atoms with van der Waals surface area (Å²) >= 11 is 0. The lowest BCUT2D eigenvalue weighted by molar-refractivity contribution is 0.698. The van der Waals surface area contributed by atoms with E-state index in [1.54, 1.807) is 0 Å². The predicted molar refractivity (Wildman–Crippen MR) is 71.8 cm³/mol. The van der Waals surface area contributed by atoms with Gasteiger partial charge < -0.3 is 10.6 Å². The third kappa shape index (κ3) is 3.53. The smallest absolute Gasteiger partial charge is 0.0363 e. The van der Waals surface area contributed by atoms with Gasteiger partial charge in [-0.15, -0.1) is 0 Å². The normalized spacial score (nSPS) is 12.5. The summed E-state index contributed by atoms with van der Waals surface area (Å²) in [6.07, 6.45) is 3.47. The first-order chi connectivity index (χ1) is 7.69. The molecule has 0 aromatic heterocycles. The Balaban J connectivity index is 2.63. The number of nitrogens with two attached hydrogens (primary N) is 1. The van der Waals surface area contributed by atoms with E-state index in [-0.39, 0.29) is 6.04 Å². The largest absolute Gasteiger partial charge is 0.375 e. The Morgan fingerprint density at radius 1 is 1.19 bits per heavy atom. The van der Waals surface area contributed by atoms with E-state index in [0.29, 0.717) is 0 Å². The minimum atomic E-state index is 0.176. The molecule has 0 aliphatic carbocycles. The number of unbranched alkanes of at least 4 members (excludes halogenated alkanes) is 1. The molecule has 1 unspecified atom stereocenters. The SMILES string of the molecule is CCCCN(C)c1ccc(C(N)CC)cc1. The lowest BCUT2D eigenvalue weighted by atomic mass is 10.1. The third-order valence-corrected chi connectivity index (χ3v) is 3.05. The molecule has 16 heavy (non-hydrogen) atoms. The summed E-state index contributed by atoms with van der Waals surface area (Å²) < 4.78 is 0. The molecular weight excluding hydrogens is 196 g/mol. The third-order valence-electron chi connectivity index (χ3n) is 3.05. The Morgan fingerprint density at radius 2 is 1.81 bits per heavy atom. The van der Waals surface area contributed by atoms with Gasteiger partial charge in [0.25, 0.3) is 0 Å². The van der Waals surface area contributed by atoms with Crippen molar-refractivity contribution in [2.45, 2.75) is 39.2 Å². The van der Waals surface area contributed by atoms with Gasteiger partial charge in [0.15, 0.2) is 0 Å². The van der Waals surface area contributed by atoms with Crippen LogP contribution in [0, 0.1) is 0 Å². The van der Waals surface area contributed by atoms with Crippen LogP contribution in [0.3, 0.4) is 0 Å². The van der Waals surface area contributed by atoms with E-state index in [2.05, 4.69) is 50.1 Å². The fourth-order valence-corrected chi connectivity index (χ4v) is 1.74. The highest BCUT2D eigenvalue weighted by molar-refractivity contribution is 5.47. The van der Waals surface area contributed by atoms with Gasteiger partial charge in [-0.25, -0.2) is 0 Å². The number of rotatable bonds is 6. The summed E-state index contributed by atoms with van der Waals surface area (Å²) in [5.74, 6) is 0. The van der Waals surface area contributed by atoms with Gasteiger partial charge in [0.2, 0.25) is 0 Å². The quantitative estimate of drug-likeness (QED) is 0.796. The van der Waals surface area contributed by atoms with E-state index in [4.69, 9.17) is 5.73 Å². The molecule has 0 radical (unpaired) electrons. The molecule has 1 rings (SSSR count). The van der Waals surface area contributed by atoms with Crippen LogP contribution in [-0.2, 0) is 0 Å². The zero-order valence-electron chi connectivity index (χ0n) is 10.7. The highest BCUT2D eigenvalue weighted by Gasteiger charge is 2.04. The summed E-state index contributed by atoms with van der Waals surface area (Å²) in [4.78, 5) is 2.30. The second-order valence-electron chi connectivity index (χ2n) is 4.38. The number of benzene rings is 1. The highest BCUT2D eigenvalue weighted by atomic mass is 15.1. The van der Waals surface area contributed by atoms with Gasteiger partial charge in [0, 0.05) is 25.3 Å². The van der Waals surface area contributed by atoms with Gasteiger partial charge in [0.1, 0.15) is 0 Å². The molecule has 0 saturated carbocycles. The van der Waals surface area contributed by atoms with Crippen molar-refractivity contribution < 1.29 is 0 Å². The van der Waals surface area contributed by atoms with Gasteiger partial charge >= 0.3 is 0 Å². The lowest BCUT2D eigenvalue weighted by Gasteiger charge is -2.19. The molecule has 1 atom stereocenters. The van der Waals surface area contributed by atoms with Crippen LogP contribution in [0.2, 0.25) is 0 Å². The minimum absolute atomic E-state index is 0.176. The van der Waals surface area contributed by atoms with Gasteiger partial charge in [-0.1, -0.05) is 32.4 Å². The van der Waals surface area contributed by atoms with Crippen LogP contribution in [0.15, 0.2) is 24.3 Å². The zero-order chi connectivity index (χ0) is 12.0. The van der Waals surface area contributed by atoms with Crippen LogP contribution in [0.5, 0.6) is 0 Å². The summed E-state index contributed by atoms with van der Waals surface area (Å²) in [5.41, 5.74) is 8.50. The van der Waals surface area contributed by atoms with Crippen LogP contribution in [-0.4, -0.2) is 13.6 Å². The Labute approximate surface area is 99.5 Å². The number of nitrogens with zero attached hydrogens (tertiary/aromatic N) is 1. The van der Waals surface area contributed by atoms with Crippen molar-refractivity contribution in [3.8, 4) is 0 Å². The van der Waals surface area contributed by atoms with Crippen molar-refractivity contribution in [3.63, 3.8) is 0 Å². The average Bonchev–Trinajstić information content (AvgIpc) is 2.35. The monoisotopic (exact) mass is 220 g/mol. The Bertz CT molecular complexity index is 292. The van der Waals surface area contributed by atoms with Crippen molar-refractivity contribution in [1.29, 1.82) is 0 Å². The van der Waals surface area contributed by atoms with Gasteiger partial charge in [-0.05, 0) is 30.5 Å². The van der Waals surface area contributed by atoms with Crippen molar-refractivity contribution in [2.24, 2.45) is 5.73 Å². The Hall–Kier alpha value is -1.02. The van der Waals surface area contributed by atoms with Crippen LogP contribution >= 0.6 is 0 Å². The zero-order valence-corrected chi connectivity index (χ0v) is 10.7. The van der Waals surface area contributed by atoms with Crippen molar-refractivity contribution in [3.05, 3.63) is 29.8 Å². The average molecular weight is 220 g/mol. The number of hydrogen-bond acceptors (Lipinski definition) is 2. The number of hydrogen-bond donors (Lipinski definition) is 1. The molecular formula is C14H24N2. The standard InChI is InChI=1S/C14H24N2/c1-4-6-11-16(3)13-9-7-12(8-10-13)14(15)5-2/h7-10,14H,4-6,11,15H2,1-3H3. The first-order valence-electron chi connectivity index (χ1n) is 6.25. The molecule has 2 N–H and O–H groups in total. The van der Waals surface area contributed by atoms with Crippen molar-refractivity contribution >= 4 is 5.69 Å². The molecule has 1 aromatic rings. The summed E-state index contributed by atoms with van der Waals surface area (Å²) in [5, 5.41) is 0. The summed E-state index contributed by atoms with van der Waals surface area (Å²) in [6, 6.07) is 8.80. The lowest BCUT2D eigenvalue weighted by Crippen LogP contribution is -2.18. The maximum Gasteiger partial charge on any atom is 0.0363 e. The van der Waals surface area contributed by atoms with E-state index >= 15 is 0 Å². The molecule has 90 valence electrons. The molecule has 0 amide bonds. The van der Waals surface area contributed by atoms with E-state index < -0.39 is 0 Å². The van der Waals surface area contributed by atoms with E-state index in [0.717, 1.165) is 13.0 Å². The molecule has 0 bridgehead atoms. The fourth-order valence-electron chi connectivity index (χ4n) is 1.74. The maximum atomic E-state index is 5.99. The summed E-state index contributed by atoms with van der Waals surface area (Å²) in [6.45, 7) is 5.46. The fraction of sp³-hybridized carbons (Fsp3) is 0.571. The molecule has 0 spiro atoms. The van der Waals surface area contributed by atoms with Crippen LogP contribution < -0.4 is 10.6 Å². The van der Waals surface area contributed by atoms with E-state index in [1.165, 1.54) is 24.1 Å². The first kappa shape index (κ1) is 13.0. The van der Waals surface area contributed by atoms with Crippen molar-refractivity contribution in [2.75, 3.05) is 18.5 Å². The Kier molecular flexibility index (Phi) is 5.33. The minimum Gasteiger partial charge on any atom is -0.375 e. The summed E-state index contributed by atoms with van der Waals surface area (Å²) in [7, 11) is 2.14. The van der Waals surface area contributed by atoms with Gasteiger partial charge in [-0.3, -0.25) is 0 Å².